The Balaban J connectivity index is 1.20. The molecular weight excluding hydrogens is 637 g/mol. The van der Waals surface area contributed by atoms with Gasteiger partial charge in [-0.1, -0.05) is 0 Å². The van der Waals surface area contributed by atoms with Crippen molar-refractivity contribution in [2.75, 3.05) is 9.62 Å². The van der Waals surface area contributed by atoms with Crippen molar-refractivity contribution in [3.63, 3.8) is 0 Å². The minimum absolute atomic E-state index is 0.108. The zero-order valence-electron chi connectivity index (χ0n) is 25.1. The first-order valence-corrected chi connectivity index (χ1v) is 18.1. The van der Waals surface area contributed by atoms with Gasteiger partial charge in [-0.2, -0.15) is 0 Å². The van der Waals surface area contributed by atoms with Crippen molar-refractivity contribution in [2.45, 2.75) is 0 Å². The van der Waals surface area contributed by atoms with Crippen molar-refractivity contribution in [2.24, 2.45) is 0 Å². The molecule has 0 unspecified atom stereocenters. The van der Waals surface area contributed by atoms with E-state index in [2.05, 4.69) is 152 Å². The summed E-state index contributed by atoms with van der Waals surface area (Å²) in [5.41, 5.74) is 16.3. The quantitative estimate of drug-likeness (QED) is 0.155. The van der Waals surface area contributed by atoms with Crippen molar-refractivity contribution in [3.8, 4) is 22.3 Å². The third-order valence-electron chi connectivity index (χ3n) is 11.2. The molecule has 0 saturated heterocycles. The van der Waals surface area contributed by atoms with Gasteiger partial charge < -0.3 is 0 Å². The van der Waals surface area contributed by atoms with Crippen molar-refractivity contribution in [1.82, 2.24) is 8.96 Å². The first-order valence-electron chi connectivity index (χ1n) is 16.4. The molecule has 0 amide bonds. The first kappa shape index (κ1) is 23.9. The maximum absolute atomic E-state index is 2.67. The second-order valence-corrected chi connectivity index (χ2v) is 15.5. The molecule has 9 aromatic rings. The molecule has 3 aromatic heterocycles. The summed E-state index contributed by atoms with van der Waals surface area (Å²) in [6.45, 7) is 0.215. The summed E-state index contributed by atoms with van der Waals surface area (Å²) in [5.74, 6) is 0. The fourth-order valence-electron chi connectivity index (χ4n) is 9.61. The van der Waals surface area contributed by atoms with Crippen LogP contribution in [0.3, 0.4) is 0 Å². The molecule has 4 nitrogen and oxygen atoms in total. The van der Waals surface area contributed by atoms with Crippen LogP contribution in [0.15, 0.2) is 133 Å². The summed E-state index contributed by atoms with van der Waals surface area (Å²) in [5, 5.41) is 5.38. The summed E-state index contributed by atoms with van der Waals surface area (Å²) >= 11 is 0.108. The second kappa shape index (κ2) is 7.95. The van der Waals surface area contributed by atoms with Gasteiger partial charge in [0, 0.05) is 0 Å². The number of hydrogen-bond donors (Lipinski definition) is 0. The normalized spacial score (nSPS) is 14.6. The van der Waals surface area contributed by atoms with E-state index < -0.39 is 0 Å². The van der Waals surface area contributed by atoms with Crippen LogP contribution >= 0.6 is 0 Å². The molecule has 0 bridgehead atoms. The predicted octanol–water partition coefficient (Wildman–Crippen LogP) is 7.71. The van der Waals surface area contributed by atoms with Crippen LogP contribution in [-0.4, -0.2) is 37.4 Å². The number of para-hydroxylation sites is 6. The van der Waals surface area contributed by atoms with Gasteiger partial charge in [-0.25, -0.2) is 0 Å². The fourth-order valence-corrected chi connectivity index (χ4v) is 12.7. The molecule has 7 heteroatoms. The molecule has 0 spiro atoms. The number of aromatic nitrogens is 2. The molecule has 0 atom stereocenters. The molecule has 7 heterocycles. The van der Waals surface area contributed by atoms with Crippen molar-refractivity contribution < 1.29 is 0 Å². The van der Waals surface area contributed by atoms with Crippen LogP contribution in [0.1, 0.15) is 0 Å². The molecule has 0 radical (unpaired) electrons. The zero-order valence-corrected chi connectivity index (χ0v) is 26.8. The van der Waals surface area contributed by atoms with Gasteiger partial charge in [0.05, 0.1) is 0 Å². The van der Waals surface area contributed by atoms with E-state index in [1.54, 1.807) is 8.67 Å². The number of rotatable bonds is 0. The van der Waals surface area contributed by atoms with Crippen LogP contribution in [0.2, 0.25) is 0 Å². The Labute approximate surface area is 276 Å². The Morgan fingerprint density at radius 3 is 1.30 bits per heavy atom. The molecule has 0 N–H and O–H groups in total. The van der Waals surface area contributed by atoms with Gasteiger partial charge in [-0.15, -0.1) is 0 Å². The zero-order chi connectivity index (χ0) is 30.1. The Morgan fingerprint density at radius 2 is 0.787 bits per heavy atom. The summed E-state index contributed by atoms with van der Waals surface area (Å²) in [6.07, 6.45) is 0. The summed E-state index contributed by atoms with van der Waals surface area (Å²) in [6, 6.07) is 50.2. The van der Waals surface area contributed by atoms with Gasteiger partial charge in [0.2, 0.25) is 0 Å². The van der Waals surface area contributed by atoms with E-state index in [0.29, 0.717) is 0 Å². The van der Waals surface area contributed by atoms with E-state index in [1.165, 1.54) is 88.6 Å². The maximum atomic E-state index is 2.67. The van der Waals surface area contributed by atoms with E-state index in [0.717, 1.165) is 0 Å². The van der Waals surface area contributed by atoms with E-state index in [1.807, 2.05) is 0 Å². The van der Waals surface area contributed by atoms with Crippen LogP contribution < -0.4 is 18.3 Å². The van der Waals surface area contributed by atoms with Crippen LogP contribution in [0.5, 0.6) is 0 Å². The van der Waals surface area contributed by atoms with Crippen LogP contribution in [0.4, 0.5) is 22.7 Å². The molecule has 4 aliphatic rings. The standard InChI is InChI=1S/C40H22B2N4Se/c1-5-17-29-23(11-1)25-15-9-21-33-37(25)45(29)41-39-35(27-13-3-7-19-31(27)43(33)41)36-28-14-4-8-20-32(28)44-34-22-10-16-26-24-12-2-6-18-30(24)46(38(26)34)42(44)40(36)47-39/h1-22H. The molecule has 0 saturated carbocycles. The minimum atomic E-state index is 0.108. The number of hydrogen-bond acceptors (Lipinski definition) is 2. The predicted molar refractivity (Wildman–Crippen MR) is 199 cm³/mol. The van der Waals surface area contributed by atoms with Gasteiger partial charge in [0.1, 0.15) is 0 Å². The van der Waals surface area contributed by atoms with Gasteiger partial charge in [0.25, 0.3) is 0 Å². The average molecular weight is 659 g/mol. The van der Waals surface area contributed by atoms with E-state index >= 15 is 0 Å². The fraction of sp³-hybridized carbons (Fsp3) is 0. The van der Waals surface area contributed by atoms with E-state index in [4.69, 9.17) is 0 Å². The third-order valence-corrected chi connectivity index (χ3v) is 13.9. The summed E-state index contributed by atoms with van der Waals surface area (Å²) < 4.78 is 8.48. The molecule has 6 aromatic carbocycles. The number of nitrogens with zero attached hydrogens (tertiary/aromatic N) is 4. The molecule has 0 fully saturated rings. The van der Waals surface area contributed by atoms with E-state index in [9.17, 15) is 0 Å². The Kier molecular flexibility index (Phi) is 4.05. The SMILES string of the molecule is c1ccc2c(c1)-c1c([se]c3c1-c1ccccc1N1B3n3c4ccccc4c4cccc1c43)B1N2c2cccc3c4ccccc4n1c23. The van der Waals surface area contributed by atoms with Gasteiger partial charge >= 0.3 is 278 Å². The molecular formula is C40H22B2N4Se. The van der Waals surface area contributed by atoms with Crippen LogP contribution in [0, 0.1) is 0 Å². The molecule has 0 aliphatic carbocycles. The molecule has 214 valence electrons. The topological polar surface area (TPSA) is 16.3 Å². The molecule has 47 heavy (non-hydrogen) atoms. The van der Waals surface area contributed by atoms with E-state index in [-0.39, 0.29) is 28.5 Å². The Morgan fingerprint density at radius 1 is 0.383 bits per heavy atom. The van der Waals surface area contributed by atoms with Gasteiger partial charge in [-0.3, -0.25) is 0 Å². The van der Waals surface area contributed by atoms with Gasteiger partial charge in [0.15, 0.2) is 0 Å². The number of benzene rings is 6. The molecule has 4 aliphatic heterocycles. The summed E-state index contributed by atoms with van der Waals surface area (Å²) in [4.78, 5) is 5.30. The van der Waals surface area contributed by atoms with Gasteiger partial charge in [-0.05, 0) is 0 Å². The van der Waals surface area contributed by atoms with Crippen molar-refractivity contribution in [3.05, 3.63) is 133 Å². The van der Waals surface area contributed by atoms with Crippen LogP contribution in [0.25, 0.3) is 65.9 Å². The monoisotopic (exact) mass is 660 g/mol. The molecule has 13 rings (SSSR count). The Hall–Kier alpha value is -5.35. The average Bonchev–Trinajstić information content (AvgIpc) is 3.93. The van der Waals surface area contributed by atoms with Crippen LogP contribution in [-0.2, 0) is 0 Å². The second-order valence-electron chi connectivity index (χ2n) is 13.2. The summed E-state index contributed by atoms with van der Waals surface area (Å²) in [7, 11) is 0. The number of anilines is 4. The number of fused-ring (bicyclic) bond motifs is 23. The Bertz CT molecular complexity index is 2720. The first-order chi connectivity index (χ1) is 23.4. The third kappa shape index (κ3) is 2.54. The van der Waals surface area contributed by atoms with Crippen molar-refractivity contribution >= 4 is 104 Å². The van der Waals surface area contributed by atoms with Crippen molar-refractivity contribution in [1.29, 1.82) is 0 Å².